The van der Waals surface area contributed by atoms with E-state index in [-0.39, 0.29) is 17.3 Å². The molecule has 35 heavy (non-hydrogen) atoms. The maximum absolute atomic E-state index is 14.3. The molecular weight excluding hydrogens is 458 g/mol. The fourth-order valence-corrected chi connectivity index (χ4v) is 6.96. The highest BCUT2D eigenvalue weighted by atomic mass is 32.1. The van der Waals surface area contributed by atoms with Gasteiger partial charge in [0.1, 0.15) is 17.2 Å². The van der Waals surface area contributed by atoms with E-state index in [9.17, 15) is 14.4 Å². The lowest BCUT2D eigenvalue weighted by Gasteiger charge is -2.37. The molecule has 1 aliphatic carbocycles. The molecule has 0 amide bonds. The Hall–Kier alpha value is -4.03. The standard InChI is InChI=1S/C29H19NO4S/c31-26(22-12-6-16-35-22)25-24(21-11-5-15-34-21)29(27(32)18-8-2-3-9-19(18)28(29)33)23-14-13-17-7-1-4-10-20(17)30(23)25/h1-16,23-25H/t23-,24+,25+/m1/s1. The van der Waals surface area contributed by atoms with Crippen LogP contribution < -0.4 is 4.90 Å². The zero-order valence-corrected chi connectivity index (χ0v) is 19.3. The number of rotatable bonds is 3. The molecule has 3 atom stereocenters. The van der Waals surface area contributed by atoms with Crippen molar-refractivity contribution >= 4 is 40.4 Å². The molecule has 7 rings (SSSR count). The average molecular weight is 478 g/mol. The minimum Gasteiger partial charge on any atom is -0.469 e. The van der Waals surface area contributed by atoms with Gasteiger partial charge in [-0.25, -0.2) is 0 Å². The lowest BCUT2D eigenvalue weighted by Crippen LogP contribution is -2.48. The number of carbonyl (C=O) groups excluding carboxylic acids is 3. The average Bonchev–Trinajstić information content (AvgIpc) is 3.69. The highest BCUT2D eigenvalue weighted by Crippen LogP contribution is 2.61. The highest BCUT2D eigenvalue weighted by Gasteiger charge is 2.72. The van der Waals surface area contributed by atoms with E-state index in [0.717, 1.165) is 11.3 Å². The van der Waals surface area contributed by atoms with Gasteiger partial charge in [-0.1, -0.05) is 60.7 Å². The molecule has 0 bridgehead atoms. The zero-order chi connectivity index (χ0) is 23.7. The topological polar surface area (TPSA) is 67.6 Å². The van der Waals surface area contributed by atoms with Gasteiger partial charge < -0.3 is 9.32 Å². The first-order valence-corrected chi connectivity index (χ1v) is 12.4. The monoisotopic (exact) mass is 477 g/mol. The molecule has 4 heterocycles. The van der Waals surface area contributed by atoms with E-state index in [1.54, 1.807) is 42.5 Å². The van der Waals surface area contributed by atoms with Crippen LogP contribution in [-0.4, -0.2) is 29.4 Å². The van der Waals surface area contributed by atoms with E-state index in [4.69, 9.17) is 4.42 Å². The molecule has 3 aliphatic rings. The van der Waals surface area contributed by atoms with Crippen LogP contribution in [0.5, 0.6) is 0 Å². The highest BCUT2D eigenvalue weighted by molar-refractivity contribution is 7.12. The summed E-state index contributed by atoms with van der Waals surface area (Å²) >= 11 is 1.36. The van der Waals surface area contributed by atoms with Crippen molar-refractivity contribution < 1.29 is 18.8 Å². The van der Waals surface area contributed by atoms with Gasteiger partial charge in [0.25, 0.3) is 0 Å². The van der Waals surface area contributed by atoms with Crippen molar-refractivity contribution in [1.29, 1.82) is 0 Å². The third-order valence-corrected chi connectivity index (χ3v) is 8.48. The van der Waals surface area contributed by atoms with Gasteiger partial charge in [-0.05, 0) is 35.2 Å². The molecular formula is C29H19NO4S. The van der Waals surface area contributed by atoms with Gasteiger partial charge in [0.05, 0.1) is 23.1 Å². The van der Waals surface area contributed by atoms with Crippen molar-refractivity contribution in [3.05, 3.63) is 118 Å². The number of fused-ring (bicyclic) bond motifs is 5. The lowest BCUT2D eigenvalue weighted by molar-refractivity contribution is 0.0652. The molecule has 4 aromatic rings. The quantitative estimate of drug-likeness (QED) is 0.281. The zero-order valence-electron chi connectivity index (χ0n) is 18.5. The first kappa shape index (κ1) is 20.4. The Morgan fingerprint density at radius 2 is 1.63 bits per heavy atom. The second kappa shape index (κ2) is 7.23. The number of thiophene rings is 1. The molecule has 0 radical (unpaired) electrons. The van der Waals surface area contributed by atoms with Gasteiger partial charge in [0.2, 0.25) is 0 Å². The molecule has 0 N–H and O–H groups in total. The fraction of sp³-hybridized carbons (Fsp3) is 0.138. The van der Waals surface area contributed by atoms with E-state index in [2.05, 4.69) is 0 Å². The van der Waals surface area contributed by atoms with Gasteiger partial charge in [-0.15, -0.1) is 11.3 Å². The van der Waals surface area contributed by atoms with Gasteiger partial charge in [0, 0.05) is 16.8 Å². The minimum atomic E-state index is -1.51. The Labute approximate surface area is 205 Å². The van der Waals surface area contributed by atoms with Crippen LogP contribution in [0.15, 0.2) is 94.9 Å². The summed E-state index contributed by atoms with van der Waals surface area (Å²) in [6, 6.07) is 20.5. The smallest absolute Gasteiger partial charge is 0.195 e. The second-order valence-corrected chi connectivity index (χ2v) is 10.1. The summed E-state index contributed by atoms with van der Waals surface area (Å²) in [5.74, 6) is -0.944. The van der Waals surface area contributed by atoms with Crippen LogP contribution in [0, 0.1) is 5.41 Å². The van der Waals surface area contributed by atoms with Crippen LogP contribution in [0.2, 0.25) is 0 Å². The number of nitrogens with zero attached hydrogens (tertiary/aromatic N) is 1. The first-order valence-electron chi connectivity index (χ1n) is 11.5. The maximum Gasteiger partial charge on any atom is 0.195 e. The molecule has 2 aliphatic heterocycles. The summed E-state index contributed by atoms with van der Waals surface area (Å²) in [4.78, 5) is 45.4. The molecule has 2 aromatic heterocycles. The summed E-state index contributed by atoms with van der Waals surface area (Å²) in [6.07, 6.45) is 5.41. The SMILES string of the molecule is O=C(c1cccs1)[C@@H]1[C@H](c2ccco2)C2(C(=O)c3ccccc3C2=O)[C@H]2C=Cc3ccccc3N12. The largest absolute Gasteiger partial charge is 0.469 e. The predicted molar refractivity (Wildman–Crippen MR) is 133 cm³/mol. The first-order chi connectivity index (χ1) is 17.1. The Kier molecular flexibility index (Phi) is 4.21. The van der Waals surface area contributed by atoms with Crippen molar-refractivity contribution in [3.8, 4) is 0 Å². The Balaban J connectivity index is 1.55. The van der Waals surface area contributed by atoms with E-state index in [0.29, 0.717) is 21.8 Å². The van der Waals surface area contributed by atoms with Crippen molar-refractivity contribution in [1.82, 2.24) is 0 Å². The van der Waals surface area contributed by atoms with E-state index < -0.39 is 23.4 Å². The fourth-order valence-electron chi connectivity index (χ4n) is 6.26. The van der Waals surface area contributed by atoms with Crippen LogP contribution in [0.25, 0.3) is 6.08 Å². The van der Waals surface area contributed by atoms with Crippen molar-refractivity contribution in [2.24, 2.45) is 5.41 Å². The number of ketones is 3. The second-order valence-electron chi connectivity index (χ2n) is 9.12. The van der Waals surface area contributed by atoms with Gasteiger partial charge in [-0.3, -0.25) is 14.4 Å². The Morgan fingerprint density at radius 3 is 2.31 bits per heavy atom. The Morgan fingerprint density at radius 1 is 0.886 bits per heavy atom. The third-order valence-electron chi connectivity index (χ3n) is 7.60. The molecule has 170 valence electrons. The molecule has 1 fully saturated rings. The Bertz CT molecular complexity index is 1500. The number of carbonyl (C=O) groups is 3. The number of hydrogen-bond donors (Lipinski definition) is 0. The molecule has 2 aromatic carbocycles. The van der Waals surface area contributed by atoms with Gasteiger partial charge >= 0.3 is 0 Å². The van der Waals surface area contributed by atoms with E-state index >= 15 is 0 Å². The normalized spacial score (nSPS) is 23.4. The maximum atomic E-state index is 14.3. The predicted octanol–water partition coefficient (Wildman–Crippen LogP) is 5.66. The summed E-state index contributed by atoms with van der Waals surface area (Å²) in [6.45, 7) is 0. The summed E-state index contributed by atoms with van der Waals surface area (Å²) in [5, 5.41) is 1.86. The third kappa shape index (κ3) is 2.49. The van der Waals surface area contributed by atoms with Crippen LogP contribution >= 0.6 is 11.3 Å². The van der Waals surface area contributed by atoms with Crippen molar-refractivity contribution in [3.63, 3.8) is 0 Å². The molecule has 1 saturated heterocycles. The minimum absolute atomic E-state index is 0.120. The van der Waals surface area contributed by atoms with Gasteiger partial charge in [0.15, 0.2) is 17.3 Å². The van der Waals surface area contributed by atoms with E-state index in [1.165, 1.54) is 17.6 Å². The molecule has 6 heteroatoms. The molecule has 5 nitrogen and oxygen atoms in total. The van der Waals surface area contributed by atoms with Crippen molar-refractivity contribution in [2.45, 2.75) is 18.0 Å². The lowest BCUT2D eigenvalue weighted by atomic mass is 9.66. The number of hydrogen-bond acceptors (Lipinski definition) is 6. The number of Topliss-reactive ketones (excluding diaryl/α,β-unsaturated/α-hetero) is 3. The van der Waals surface area contributed by atoms with Crippen LogP contribution in [-0.2, 0) is 0 Å². The number of furan rings is 1. The molecule has 0 saturated carbocycles. The number of benzene rings is 2. The van der Waals surface area contributed by atoms with Crippen LogP contribution in [0.4, 0.5) is 5.69 Å². The van der Waals surface area contributed by atoms with Gasteiger partial charge in [-0.2, -0.15) is 0 Å². The van der Waals surface area contributed by atoms with E-state index in [1.807, 2.05) is 52.8 Å². The number of anilines is 1. The molecule has 1 spiro atoms. The molecule has 0 unspecified atom stereocenters. The van der Waals surface area contributed by atoms with Crippen LogP contribution in [0.3, 0.4) is 0 Å². The summed E-state index contributed by atoms with van der Waals surface area (Å²) < 4.78 is 5.89. The van der Waals surface area contributed by atoms with Crippen molar-refractivity contribution in [2.75, 3.05) is 4.90 Å². The summed E-state index contributed by atoms with van der Waals surface area (Å²) in [5.41, 5.74) is 1.08. The number of para-hydroxylation sites is 1. The van der Waals surface area contributed by atoms with Crippen LogP contribution in [0.1, 0.15) is 47.6 Å². The summed E-state index contributed by atoms with van der Waals surface area (Å²) in [7, 11) is 0.